The lowest BCUT2D eigenvalue weighted by molar-refractivity contribution is 0.0383. The van der Waals surface area contributed by atoms with Crippen LogP contribution in [-0.2, 0) is 0 Å². The van der Waals surface area contributed by atoms with Gasteiger partial charge in [0, 0.05) is 19.3 Å². The molecule has 2 aliphatic rings. The number of likely N-dealkylation sites (tertiary alicyclic amines) is 1. The normalized spacial score (nSPS) is 20.8. The van der Waals surface area contributed by atoms with Crippen LogP contribution in [0.5, 0.6) is 0 Å². The van der Waals surface area contributed by atoms with Crippen molar-refractivity contribution in [2.24, 2.45) is 5.41 Å². The van der Waals surface area contributed by atoms with Crippen molar-refractivity contribution in [3.8, 4) is 0 Å². The molecule has 0 radical (unpaired) electrons. The van der Waals surface area contributed by atoms with E-state index in [1.807, 2.05) is 4.90 Å². The monoisotopic (exact) mass is 302 g/mol. The van der Waals surface area contributed by atoms with Crippen LogP contribution in [0.1, 0.15) is 65.8 Å². The van der Waals surface area contributed by atoms with E-state index in [1.165, 1.54) is 50.8 Å². The fraction of sp³-hybridized carbons (Fsp3) is 0.588. The summed E-state index contributed by atoms with van der Waals surface area (Å²) in [6.45, 7) is 1.63. The van der Waals surface area contributed by atoms with Gasteiger partial charge >= 0.3 is 5.97 Å². The number of pyridine rings is 1. The predicted octanol–water partition coefficient (Wildman–Crippen LogP) is 2.97. The molecule has 1 aliphatic heterocycles. The van der Waals surface area contributed by atoms with Crippen molar-refractivity contribution in [1.29, 1.82) is 0 Å². The molecule has 0 atom stereocenters. The fourth-order valence-corrected chi connectivity index (χ4v) is 3.92. The molecule has 3 rings (SSSR count). The van der Waals surface area contributed by atoms with Gasteiger partial charge in [0.2, 0.25) is 0 Å². The van der Waals surface area contributed by atoms with Gasteiger partial charge in [-0.05, 0) is 43.2 Å². The molecule has 2 fully saturated rings. The van der Waals surface area contributed by atoms with E-state index in [1.54, 1.807) is 6.07 Å². The van der Waals surface area contributed by atoms with E-state index in [0.29, 0.717) is 11.0 Å². The Bertz CT molecular complexity index is 556. The number of piperidine rings is 1. The number of carboxylic acids is 1. The standard InChI is InChI=1S/C17H22N2O3/c20-15(13-5-6-14(16(21)22)18-11-13)19-10-4-9-17(12-19)7-2-1-3-8-17/h5-6,11H,1-4,7-10,12H2,(H,21,22). The number of aromatic nitrogens is 1. The van der Waals surface area contributed by atoms with E-state index in [9.17, 15) is 9.59 Å². The first-order valence-corrected chi connectivity index (χ1v) is 8.08. The molecule has 1 spiro atoms. The maximum atomic E-state index is 12.6. The van der Waals surface area contributed by atoms with Gasteiger partial charge in [0.05, 0.1) is 5.56 Å². The minimum Gasteiger partial charge on any atom is -0.477 e. The maximum Gasteiger partial charge on any atom is 0.354 e. The zero-order valence-electron chi connectivity index (χ0n) is 12.8. The van der Waals surface area contributed by atoms with Crippen LogP contribution < -0.4 is 0 Å². The molecule has 22 heavy (non-hydrogen) atoms. The molecule has 1 saturated heterocycles. The maximum absolute atomic E-state index is 12.6. The summed E-state index contributed by atoms with van der Waals surface area (Å²) in [5.41, 5.74) is 0.775. The average molecular weight is 302 g/mol. The molecule has 0 unspecified atom stereocenters. The molecule has 1 aromatic heterocycles. The highest BCUT2D eigenvalue weighted by molar-refractivity contribution is 5.95. The number of amides is 1. The summed E-state index contributed by atoms with van der Waals surface area (Å²) in [5, 5.41) is 8.87. The second-order valence-corrected chi connectivity index (χ2v) is 6.63. The highest BCUT2D eigenvalue weighted by Crippen LogP contribution is 2.43. The number of carbonyl (C=O) groups excluding carboxylic acids is 1. The number of rotatable bonds is 2. The first-order valence-electron chi connectivity index (χ1n) is 8.08. The molecule has 5 heteroatoms. The van der Waals surface area contributed by atoms with E-state index in [0.717, 1.165) is 19.5 Å². The van der Waals surface area contributed by atoms with Crippen molar-refractivity contribution >= 4 is 11.9 Å². The Kier molecular flexibility index (Phi) is 4.14. The first-order chi connectivity index (χ1) is 10.6. The lowest BCUT2D eigenvalue weighted by atomic mass is 9.69. The summed E-state index contributed by atoms with van der Waals surface area (Å²) in [7, 11) is 0. The summed E-state index contributed by atoms with van der Waals surface area (Å²) in [6.07, 6.45) is 10.00. The molecule has 1 N–H and O–H groups in total. The van der Waals surface area contributed by atoms with E-state index in [2.05, 4.69) is 4.98 Å². The molecule has 1 aromatic rings. The molecule has 1 amide bonds. The zero-order valence-corrected chi connectivity index (χ0v) is 12.8. The fourth-order valence-electron chi connectivity index (χ4n) is 3.92. The molecular weight excluding hydrogens is 280 g/mol. The van der Waals surface area contributed by atoms with Crippen LogP contribution in [0.4, 0.5) is 0 Å². The van der Waals surface area contributed by atoms with Gasteiger partial charge in [-0.3, -0.25) is 4.79 Å². The Labute approximate surface area is 130 Å². The largest absolute Gasteiger partial charge is 0.477 e. The number of carboxylic acid groups (broad SMARTS) is 1. The van der Waals surface area contributed by atoms with Crippen LogP contribution in [0.3, 0.4) is 0 Å². The summed E-state index contributed by atoms with van der Waals surface area (Å²) >= 11 is 0. The van der Waals surface area contributed by atoms with Crippen molar-refractivity contribution in [3.05, 3.63) is 29.6 Å². The van der Waals surface area contributed by atoms with Crippen molar-refractivity contribution in [3.63, 3.8) is 0 Å². The highest BCUT2D eigenvalue weighted by Gasteiger charge is 2.38. The SMILES string of the molecule is O=C(O)c1ccc(C(=O)N2CCCC3(CCCCC3)C2)cn1. The average Bonchev–Trinajstić information content (AvgIpc) is 2.55. The number of hydrogen-bond acceptors (Lipinski definition) is 3. The predicted molar refractivity (Wildman–Crippen MR) is 81.9 cm³/mol. The van der Waals surface area contributed by atoms with Crippen LogP contribution in [0.2, 0.25) is 0 Å². The van der Waals surface area contributed by atoms with Gasteiger partial charge in [0.1, 0.15) is 5.69 Å². The van der Waals surface area contributed by atoms with Crippen molar-refractivity contribution in [1.82, 2.24) is 9.88 Å². The molecule has 5 nitrogen and oxygen atoms in total. The summed E-state index contributed by atoms with van der Waals surface area (Å²) in [6, 6.07) is 2.97. The van der Waals surface area contributed by atoms with Crippen LogP contribution in [0.15, 0.2) is 18.3 Å². The number of hydrogen-bond donors (Lipinski definition) is 1. The lowest BCUT2D eigenvalue weighted by Crippen LogP contribution is -2.47. The summed E-state index contributed by atoms with van der Waals surface area (Å²) < 4.78 is 0. The summed E-state index contributed by atoms with van der Waals surface area (Å²) in [5.74, 6) is -1.09. The topological polar surface area (TPSA) is 70.5 Å². The van der Waals surface area contributed by atoms with Gasteiger partial charge in [-0.15, -0.1) is 0 Å². The quantitative estimate of drug-likeness (QED) is 0.911. The Balaban J connectivity index is 1.72. The van der Waals surface area contributed by atoms with Gasteiger partial charge in [0.15, 0.2) is 0 Å². The van der Waals surface area contributed by atoms with Crippen LogP contribution in [-0.4, -0.2) is 40.0 Å². The second kappa shape index (κ2) is 6.07. The third-order valence-electron chi connectivity index (χ3n) is 5.09. The van der Waals surface area contributed by atoms with Gasteiger partial charge in [-0.25, -0.2) is 9.78 Å². The van der Waals surface area contributed by atoms with E-state index < -0.39 is 5.97 Å². The van der Waals surface area contributed by atoms with Crippen LogP contribution in [0.25, 0.3) is 0 Å². The molecule has 1 saturated carbocycles. The Hall–Kier alpha value is -1.91. The molecule has 1 aliphatic carbocycles. The smallest absolute Gasteiger partial charge is 0.354 e. The molecule has 118 valence electrons. The molecule has 0 bridgehead atoms. The van der Waals surface area contributed by atoms with Crippen molar-refractivity contribution < 1.29 is 14.7 Å². The summed E-state index contributed by atoms with van der Waals surface area (Å²) in [4.78, 5) is 29.3. The van der Waals surface area contributed by atoms with E-state index in [-0.39, 0.29) is 11.6 Å². The molecule has 0 aromatic carbocycles. The lowest BCUT2D eigenvalue weighted by Gasteiger charge is -2.45. The van der Waals surface area contributed by atoms with Gasteiger partial charge in [-0.1, -0.05) is 19.3 Å². The Morgan fingerprint density at radius 1 is 1.09 bits per heavy atom. The molecule has 2 heterocycles. The minimum atomic E-state index is -1.07. The Morgan fingerprint density at radius 3 is 2.45 bits per heavy atom. The van der Waals surface area contributed by atoms with Crippen LogP contribution in [0, 0.1) is 5.41 Å². The second-order valence-electron chi connectivity index (χ2n) is 6.63. The number of nitrogens with zero attached hydrogens (tertiary/aromatic N) is 2. The zero-order chi connectivity index (χ0) is 15.6. The van der Waals surface area contributed by atoms with Gasteiger partial charge in [0.25, 0.3) is 5.91 Å². The first kappa shape index (κ1) is 15.0. The van der Waals surface area contributed by atoms with E-state index >= 15 is 0 Å². The van der Waals surface area contributed by atoms with Gasteiger partial charge < -0.3 is 10.0 Å². The highest BCUT2D eigenvalue weighted by atomic mass is 16.4. The third-order valence-corrected chi connectivity index (χ3v) is 5.09. The number of aromatic carboxylic acids is 1. The molecular formula is C17H22N2O3. The number of carbonyl (C=O) groups is 2. The van der Waals surface area contributed by atoms with Crippen LogP contribution >= 0.6 is 0 Å². The van der Waals surface area contributed by atoms with Crippen molar-refractivity contribution in [2.75, 3.05) is 13.1 Å². The Morgan fingerprint density at radius 2 is 1.82 bits per heavy atom. The van der Waals surface area contributed by atoms with E-state index in [4.69, 9.17) is 5.11 Å². The third kappa shape index (κ3) is 2.98. The minimum absolute atomic E-state index is 0.0194. The van der Waals surface area contributed by atoms with Gasteiger partial charge in [-0.2, -0.15) is 0 Å². The van der Waals surface area contributed by atoms with Crippen molar-refractivity contribution in [2.45, 2.75) is 44.9 Å².